The van der Waals surface area contributed by atoms with Gasteiger partial charge in [0.2, 0.25) is 0 Å². The number of carbonyl (C=O) groups excluding carboxylic acids is 1. The van der Waals surface area contributed by atoms with Gasteiger partial charge in [0, 0.05) is 26.6 Å². The van der Waals surface area contributed by atoms with Crippen LogP contribution in [0, 0.1) is 6.92 Å². The van der Waals surface area contributed by atoms with Crippen LogP contribution in [0.15, 0.2) is 27.8 Å². The number of hydrogen-bond acceptors (Lipinski definition) is 4. The van der Waals surface area contributed by atoms with Crippen LogP contribution in [0.25, 0.3) is 0 Å². The normalized spacial score (nSPS) is 16.3. The van der Waals surface area contributed by atoms with Crippen LogP contribution in [0.4, 0.5) is 0 Å². The van der Waals surface area contributed by atoms with Crippen molar-refractivity contribution in [2.24, 2.45) is 14.1 Å². The standard InChI is InChI=1S/C18H20N2O4/c1-10-5-6-14(17-13(21)7-11(2)16(10)17)24-9-12-8-15(22)20(4)18(23)19(12)3/h5-6,8,11H,7,9H2,1-4H3. The molecule has 0 spiro atoms. The zero-order valence-corrected chi connectivity index (χ0v) is 14.3. The second-order valence-corrected chi connectivity index (χ2v) is 6.36. The Balaban J connectivity index is 1.97. The van der Waals surface area contributed by atoms with Gasteiger partial charge in [0.1, 0.15) is 12.4 Å². The minimum absolute atomic E-state index is 0.0545. The van der Waals surface area contributed by atoms with E-state index < -0.39 is 5.69 Å². The Morgan fingerprint density at radius 1 is 1.17 bits per heavy atom. The first-order valence-corrected chi connectivity index (χ1v) is 7.86. The number of benzene rings is 1. The quantitative estimate of drug-likeness (QED) is 0.859. The topological polar surface area (TPSA) is 70.3 Å². The highest BCUT2D eigenvalue weighted by Crippen LogP contribution is 2.40. The maximum absolute atomic E-state index is 12.3. The predicted molar refractivity (Wildman–Crippen MR) is 89.8 cm³/mol. The summed E-state index contributed by atoms with van der Waals surface area (Å²) in [6.45, 7) is 4.08. The van der Waals surface area contributed by atoms with E-state index in [4.69, 9.17) is 4.74 Å². The Kier molecular flexibility index (Phi) is 3.91. The number of hydrogen-bond donors (Lipinski definition) is 0. The van der Waals surface area contributed by atoms with Gasteiger partial charge >= 0.3 is 5.69 Å². The molecular formula is C18H20N2O4. The molecule has 1 heterocycles. The van der Waals surface area contributed by atoms with Gasteiger partial charge in [-0.15, -0.1) is 0 Å². The largest absolute Gasteiger partial charge is 0.487 e. The van der Waals surface area contributed by atoms with Crippen LogP contribution in [-0.4, -0.2) is 14.9 Å². The van der Waals surface area contributed by atoms with Gasteiger partial charge in [-0.2, -0.15) is 0 Å². The maximum atomic E-state index is 12.3. The molecule has 1 aliphatic rings. The van der Waals surface area contributed by atoms with Crippen LogP contribution in [0.1, 0.15) is 46.4 Å². The summed E-state index contributed by atoms with van der Waals surface area (Å²) in [6, 6.07) is 5.09. The maximum Gasteiger partial charge on any atom is 0.330 e. The van der Waals surface area contributed by atoms with Crippen molar-refractivity contribution >= 4 is 5.78 Å². The van der Waals surface area contributed by atoms with E-state index in [1.165, 1.54) is 17.7 Å². The Labute approximate surface area is 139 Å². The van der Waals surface area contributed by atoms with E-state index in [1.807, 2.05) is 19.9 Å². The lowest BCUT2D eigenvalue weighted by Gasteiger charge is -2.15. The van der Waals surface area contributed by atoms with Crippen molar-refractivity contribution in [1.29, 1.82) is 0 Å². The molecule has 0 aliphatic heterocycles. The molecule has 1 aromatic heterocycles. The van der Waals surface area contributed by atoms with Gasteiger partial charge in [0.05, 0.1) is 11.3 Å². The zero-order chi connectivity index (χ0) is 17.6. The van der Waals surface area contributed by atoms with Crippen LogP contribution in [-0.2, 0) is 20.7 Å². The van der Waals surface area contributed by atoms with E-state index in [-0.39, 0.29) is 23.9 Å². The summed E-state index contributed by atoms with van der Waals surface area (Å²) >= 11 is 0. The average Bonchev–Trinajstić information content (AvgIpc) is 2.85. The minimum atomic E-state index is -0.403. The number of fused-ring (bicyclic) bond motifs is 1. The minimum Gasteiger partial charge on any atom is -0.487 e. The molecule has 24 heavy (non-hydrogen) atoms. The summed E-state index contributed by atoms with van der Waals surface area (Å²) in [5.41, 5.74) is 2.44. The molecule has 1 aromatic carbocycles. The number of nitrogens with zero attached hydrogens (tertiary/aromatic N) is 2. The molecule has 2 aromatic rings. The summed E-state index contributed by atoms with van der Waals surface area (Å²) in [4.78, 5) is 36.0. The van der Waals surface area contributed by atoms with Crippen LogP contribution in [0.2, 0.25) is 0 Å². The van der Waals surface area contributed by atoms with Crippen molar-refractivity contribution < 1.29 is 9.53 Å². The highest BCUT2D eigenvalue weighted by atomic mass is 16.5. The van der Waals surface area contributed by atoms with Crippen molar-refractivity contribution in [3.63, 3.8) is 0 Å². The van der Waals surface area contributed by atoms with E-state index in [2.05, 4.69) is 0 Å². The lowest BCUT2D eigenvalue weighted by Crippen LogP contribution is -2.38. The molecule has 1 atom stereocenters. The molecule has 1 unspecified atom stereocenters. The first-order valence-electron chi connectivity index (χ1n) is 7.86. The first-order chi connectivity index (χ1) is 11.3. The average molecular weight is 328 g/mol. The molecule has 0 saturated carbocycles. The SMILES string of the molecule is Cc1ccc(OCc2cc(=O)n(C)c(=O)n2C)c2c1C(C)CC2=O. The first kappa shape index (κ1) is 16.2. The fourth-order valence-electron chi connectivity index (χ4n) is 3.30. The third-order valence-electron chi connectivity index (χ3n) is 4.69. The van der Waals surface area contributed by atoms with Crippen molar-refractivity contribution in [2.45, 2.75) is 32.8 Å². The van der Waals surface area contributed by atoms with Crippen molar-refractivity contribution in [3.8, 4) is 5.75 Å². The van der Waals surface area contributed by atoms with Gasteiger partial charge < -0.3 is 4.74 Å². The van der Waals surface area contributed by atoms with E-state index in [9.17, 15) is 14.4 Å². The van der Waals surface area contributed by atoms with Crippen molar-refractivity contribution in [1.82, 2.24) is 9.13 Å². The molecule has 6 heteroatoms. The predicted octanol–water partition coefficient (Wildman–Crippen LogP) is 1.66. The fourth-order valence-corrected chi connectivity index (χ4v) is 3.30. The highest BCUT2D eigenvalue weighted by Gasteiger charge is 2.31. The lowest BCUT2D eigenvalue weighted by molar-refractivity contribution is 0.0986. The lowest BCUT2D eigenvalue weighted by atomic mass is 9.97. The highest BCUT2D eigenvalue weighted by molar-refractivity contribution is 6.04. The summed E-state index contributed by atoms with van der Waals surface area (Å²) in [7, 11) is 3.02. The smallest absolute Gasteiger partial charge is 0.330 e. The molecule has 0 N–H and O–H groups in total. The van der Waals surface area contributed by atoms with Gasteiger partial charge in [0.15, 0.2) is 5.78 Å². The number of ether oxygens (including phenoxy) is 1. The second kappa shape index (κ2) is 5.78. The number of Topliss-reactive ketones (excluding diaryl/α,β-unsaturated/α-hetero) is 1. The number of ketones is 1. The molecule has 0 radical (unpaired) electrons. The Hall–Kier alpha value is -2.63. The van der Waals surface area contributed by atoms with Gasteiger partial charge in [0.25, 0.3) is 5.56 Å². The third-order valence-corrected chi connectivity index (χ3v) is 4.69. The molecule has 0 amide bonds. The van der Waals surface area contributed by atoms with Crippen LogP contribution in [0.5, 0.6) is 5.75 Å². The monoisotopic (exact) mass is 328 g/mol. The third kappa shape index (κ3) is 2.48. The van der Waals surface area contributed by atoms with E-state index in [0.29, 0.717) is 23.4 Å². The Morgan fingerprint density at radius 2 is 1.88 bits per heavy atom. The second-order valence-electron chi connectivity index (χ2n) is 6.36. The Bertz CT molecular complexity index is 953. The molecule has 0 bridgehead atoms. The van der Waals surface area contributed by atoms with Gasteiger partial charge in [-0.25, -0.2) is 4.79 Å². The van der Waals surface area contributed by atoms with Gasteiger partial charge in [-0.1, -0.05) is 13.0 Å². The molecule has 3 rings (SSSR count). The molecule has 1 aliphatic carbocycles. The number of rotatable bonds is 3. The molecule has 126 valence electrons. The summed E-state index contributed by atoms with van der Waals surface area (Å²) in [5.74, 6) is 0.775. The molecular weight excluding hydrogens is 308 g/mol. The number of aromatic nitrogens is 2. The fraction of sp³-hybridized carbons (Fsp3) is 0.389. The summed E-state index contributed by atoms with van der Waals surface area (Å²) in [6.07, 6.45) is 0.487. The zero-order valence-electron chi connectivity index (χ0n) is 14.3. The van der Waals surface area contributed by atoms with Crippen LogP contribution < -0.4 is 16.0 Å². The van der Waals surface area contributed by atoms with Crippen molar-refractivity contribution in [3.05, 3.63) is 61.4 Å². The van der Waals surface area contributed by atoms with Gasteiger partial charge in [-0.05, 0) is 30.0 Å². The van der Waals surface area contributed by atoms with E-state index in [1.54, 1.807) is 13.1 Å². The van der Waals surface area contributed by atoms with E-state index >= 15 is 0 Å². The van der Waals surface area contributed by atoms with Gasteiger partial charge in [-0.3, -0.25) is 18.7 Å². The van der Waals surface area contributed by atoms with Crippen LogP contribution >= 0.6 is 0 Å². The van der Waals surface area contributed by atoms with Crippen LogP contribution in [0.3, 0.4) is 0 Å². The number of aryl methyl sites for hydroxylation is 1. The molecule has 0 saturated heterocycles. The Morgan fingerprint density at radius 3 is 2.58 bits per heavy atom. The molecule has 6 nitrogen and oxygen atoms in total. The van der Waals surface area contributed by atoms with Crippen molar-refractivity contribution in [2.75, 3.05) is 0 Å². The summed E-state index contributed by atoms with van der Waals surface area (Å²) < 4.78 is 8.23. The van der Waals surface area contributed by atoms with E-state index in [0.717, 1.165) is 15.7 Å². The number of carbonyl (C=O) groups is 1. The summed E-state index contributed by atoms with van der Waals surface area (Å²) in [5, 5.41) is 0. The molecule has 0 fully saturated rings.